The molecule has 0 saturated carbocycles. The average molecular weight is 240 g/mol. The molecule has 17 heavy (non-hydrogen) atoms. The van der Waals surface area contributed by atoms with Gasteiger partial charge in [-0.25, -0.2) is 0 Å². The molecule has 1 rings (SSSR count). The Hall–Kier alpha value is -0.380. The Kier molecular flexibility index (Phi) is 6.78. The van der Waals surface area contributed by atoms with Crippen molar-refractivity contribution in [1.82, 2.24) is 10.2 Å². The van der Waals surface area contributed by atoms with Gasteiger partial charge in [0.15, 0.2) is 0 Å². The summed E-state index contributed by atoms with van der Waals surface area (Å²) in [5.74, 6) is 0. The van der Waals surface area contributed by atoms with Gasteiger partial charge in [-0.2, -0.15) is 0 Å². The summed E-state index contributed by atoms with van der Waals surface area (Å²) in [5.41, 5.74) is 1.22. The van der Waals surface area contributed by atoms with Crippen LogP contribution in [-0.2, 0) is 0 Å². The van der Waals surface area contributed by atoms with Crippen molar-refractivity contribution in [3.05, 3.63) is 12.2 Å². The molecule has 0 bridgehead atoms. The predicted molar refractivity (Wildman–Crippen MR) is 73.2 cm³/mol. The van der Waals surface area contributed by atoms with Crippen molar-refractivity contribution >= 4 is 0 Å². The maximum Gasteiger partial charge on any atom is 0.0586 e. The van der Waals surface area contributed by atoms with Crippen LogP contribution in [0, 0.1) is 0 Å². The lowest BCUT2D eigenvalue weighted by Crippen LogP contribution is -2.40. The van der Waals surface area contributed by atoms with Crippen molar-refractivity contribution in [1.29, 1.82) is 0 Å². The number of rotatable bonds is 6. The first kappa shape index (κ1) is 14.7. The molecule has 0 aliphatic carbocycles. The molecule has 1 aliphatic rings. The minimum Gasteiger partial charge on any atom is -0.395 e. The standard InChI is InChI=1S/C14H28N2O/c1-12(2)15-9-13(3)10-16-8-6-4-5-7-14(16)11-17/h12,14-15,17H,3-11H2,1-2H3. The smallest absolute Gasteiger partial charge is 0.0586 e. The fraction of sp³-hybridized carbons (Fsp3) is 0.857. The molecule has 1 saturated heterocycles. The lowest BCUT2D eigenvalue weighted by molar-refractivity contribution is 0.133. The monoisotopic (exact) mass is 240 g/mol. The molecule has 1 aliphatic heterocycles. The van der Waals surface area contributed by atoms with Gasteiger partial charge in [-0.15, -0.1) is 0 Å². The van der Waals surface area contributed by atoms with Crippen LogP contribution in [0.2, 0.25) is 0 Å². The van der Waals surface area contributed by atoms with E-state index in [9.17, 15) is 5.11 Å². The third-order valence-electron chi connectivity index (χ3n) is 3.40. The summed E-state index contributed by atoms with van der Waals surface area (Å²) < 4.78 is 0. The lowest BCUT2D eigenvalue weighted by atomic mass is 10.1. The van der Waals surface area contributed by atoms with E-state index in [4.69, 9.17) is 0 Å². The number of aliphatic hydroxyl groups is 1. The molecule has 1 atom stereocenters. The van der Waals surface area contributed by atoms with Gasteiger partial charge in [-0.05, 0) is 25.0 Å². The zero-order valence-electron chi connectivity index (χ0n) is 11.4. The van der Waals surface area contributed by atoms with Crippen LogP contribution in [0.25, 0.3) is 0 Å². The number of hydrogen-bond donors (Lipinski definition) is 2. The van der Waals surface area contributed by atoms with Crippen molar-refractivity contribution in [3.63, 3.8) is 0 Å². The van der Waals surface area contributed by atoms with Gasteiger partial charge in [0.2, 0.25) is 0 Å². The minimum absolute atomic E-state index is 0.283. The molecule has 2 N–H and O–H groups in total. The minimum atomic E-state index is 0.283. The first-order valence-electron chi connectivity index (χ1n) is 6.88. The van der Waals surface area contributed by atoms with Crippen LogP contribution in [-0.4, -0.2) is 48.3 Å². The van der Waals surface area contributed by atoms with Gasteiger partial charge in [-0.1, -0.05) is 33.3 Å². The summed E-state index contributed by atoms with van der Waals surface area (Å²) in [6.07, 6.45) is 4.92. The highest BCUT2D eigenvalue weighted by molar-refractivity contribution is 5.01. The van der Waals surface area contributed by atoms with Crippen molar-refractivity contribution in [3.8, 4) is 0 Å². The van der Waals surface area contributed by atoms with Crippen LogP contribution in [0.4, 0.5) is 0 Å². The third kappa shape index (κ3) is 5.66. The van der Waals surface area contributed by atoms with E-state index in [-0.39, 0.29) is 6.61 Å². The summed E-state index contributed by atoms with van der Waals surface area (Å²) >= 11 is 0. The molecule has 0 amide bonds. The number of nitrogens with zero attached hydrogens (tertiary/aromatic N) is 1. The molecule has 1 unspecified atom stereocenters. The average Bonchev–Trinajstić information content (AvgIpc) is 2.51. The largest absolute Gasteiger partial charge is 0.395 e. The topological polar surface area (TPSA) is 35.5 Å². The first-order valence-corrected chi connectivity index (χ1v) is 6.88. The Labute approximate surface area is 106 Å². The molecule has 100 valence electrons. The summed E-state index contributed by atoms with van der Waals surface area (Å²) in [5, 5.41) is 12.8. The fourth-order valence-electron chi connectivity index (χ4n) is 2.34. The van der Waals surface area contributed by atoms with E-state index in [1.54, 1.807) is 0 Å². The second-order valence-corrected chi connectivity index (χ2v) is 5.44. The van der Waals surface area contributed by atoms with Gasteiger partial charge < -0.3 is 10.4 Å². The van der Waals surface area contributed by atoms with Gasteiger partial charge in [0.1, 0.15) is 0 Å². The summed E-state index contributed by atoms with van der Waals surface area (Å²) in [4.78, 5) is 2.40. The number of likely N-dealkylation sites (tertiary alicyclic amines) is 1. The Morgan fingerprint density at radius 2 is 2.18 bits per heavy atom. The van der Waals surface area contributed by atoms with Crippen LogP contribution in [0.15, 0.2) is 12.2 Å². The molecule has 3 heteroatoms. The maximum atomic E-state index is 9.43. The van der Waals surface area contributed by atoms with Crippen molar-refractivity contribution < 1.29 is 5.11 Å². The molecule has 0 aromatic heterocycles. The zero-order chi connectivity index (χ0) is 12.7. The molecule has 0 spiro atoms. The van der Waals surface area contributed by atoms with E-state index in [2.05, 4.69) is 30.6 Å². The van der Waals surface area contributed by atoms with Crippen molar-refractivity contribution in [2.24, 2.45) is 0 Å². The number of nitrogens with one attached hydrogen (secondary N) is 1. The lowest BCUT2D eigenvalue weighted by Gasteiger charge is -2.29. The Balaban J connectivity index is 2.38. The summed E-state index contributed by atoms with van der Waals surface area (Å²) in [7, 11) is 0. The van der Waals surface area contributed by atoms with Gasteiger partial charge in [0, 0.05) is 25.2 Å². The van der Waals surface area contributed by atoms with E-state index in [1.165, 1.54) is 24.8 Å². The Morgan fingerprint density at radius 3 is 2.82 bits per heavy atom. The van der Waals surface area contributed by atoms with Gasteiger partial charge in [0.25, 0.3) is 0 Å². The Bertz CT molecular complexity index is 228. The van der Waals surface area contributed by atoms with E-state index >= 15 is 0 Å². The molecule has 1 fully saturated rings. The van der Waals surface area contributed by atoms with Crippen LogP contribution in [0.3, 0.4) is 0 Å². The van der Waals surface area contributed by atoms with Crippen LogP contribution in [0.5, 0.6) is 0 Å². The third-order valence-corrected chi connectivity index (χ3v) is 3.40. The van der Waals surface area contributed by atoms with Gasteiger partial charge in [0.05, 0.1) is 6.61 Å². The van der Waals surface area contributed by atoms with Crippen molar-refractivity contribution in [2.75, 3.05) is 26.2 Å². The highest BCUT2D eigenvalue weighted by atomic mass is 16.3. The fourth-order valence-corrected chi connectivity index (χ4v) is 2.34. The number of aliphatic hydroxyl groups excluding tert-OH is 1. The second kappa shape index (κ2) is 7.85. The molecular formula is C14H28N2O. The van der Waals surface area contributed by atoms with Crippen LogP contribution >= 0.6 is 0 Å². The van der Waals surface area contributed by atoms with Crippen LogP contribution < -0.4 is 5.32 Å². The maximum absolute atomic E-state index is 9.43. The molecular weight excluding hydrogens is 212 g/mol. The normalized spacial score (nSPS) is 22.7. The first-order chi connectivity index (χ1) is 8.13. The van der Waals surface area contributed by atoms with E-state index in [0.717, 1.165) is 26.1 Å². The van der Waals surface area contributed by atoms with E-state index < -0.39 is 0 Å². The van der Waals surface area contributed by atoms with E-state index in [1.807, 2.05) is 0 Å². The predicted octanol–water partition coefficient (Wildman–Crippen LogP) is 1.78. The number of hydrogen-bond acceptors (Lipinski definition) is 3. The quantitative estimate of drug-likeness (QED) is 0.695. The molecule has 3 nitrogen and oxygen atoms in total. The summed E-state index contributed by atoms with van der Waals surface area (Å²) in [6, 6.07) is 0.845. The highest BCUT2D eigenvalue weighted by Crippen LogP contribution is 2.17. The van der Waals surface area contributed by atoms with Gasteiger partial charge >= 0.3 is 0 Å². The van der Waals surface area contributed by atoms with Gasteiger partial charge in [-0.3, -0.25) is 4.90 Å². The van der Waals surface area contributed by atoms with Crippen LogP contribution in [0.1, 0.15) is 39.5 Å². The second-order valence-electron chi connectivity index (χ2n) is 5.44. The molecule has 0 aromatic rings. The zero-order valence-corrected chi connectivity index (χ0v) is 11.4. The molecule has 0 aromatic carbocycles. The SMILES string of the molecule is C=C(CNC(C)C)CN1CCCCCC1CO. The Morgan fingerprint density at radius 1 is 1.41 bits per heavy atom. The molecule has 0 radical (unpaired) electrons. The highest BCUT2D eigenvalue weighted by Gasteiger charge is 2.20. The molecule has 1 heterocycles. The van der Waals surface area contributed by atoms with Crippen molar-refractivity contribution in [2.45, 2.75) is 51.6 Å². The van der Waals surface area contributed by atoms with E-state index in [0.29, 0.717) is 12.1 Å². The summed E-state index contributed by atoms with van der Waals surface area (Å²) in [6.45, 7) is 11.6.